The smallest absolute Gasteiger partial charge is 0.339 e. The number of hydrogen-bond acceptors (Lipinski definition) is 2. The summed E-state index contributed by atoms with van der Waals surface area (Å²) in [6.45, 7) is 0. The molecule has 0 saturated carbocycles. The van der Waals surface area contributed by atoms with Gasteiger partial charge in [0.15, 0.2) is 5.75 Å². The number of carbonyl (C=O) groups is 1. The fourth-order valence-corrected chi connectivity index (χ4v) is 1.85. The molecule has 76 valence electrons. The van der Waals surface area contributed by atoms with Gasteiger partial charge in [-0.2, -0.15) is 0 Å². The first-order valence-electron chi connectivity index (χ1n) is 3.76. The number of carboxylic acids is 1. The Bertz CT molecular complexity index is 365. The summed E-state index contributed by atoms with van der Waals surface area (Å²) in [5.41, 5.74) is 0.746. The van der Waals surface area contributed by atoms with E-state index >= 15 is 0 Å². The van der Waals surface area contributed by atoms with Gasteiger partial charge in [-0.05, 0) is 11.6 Å². The zero-order valence-corrected chi connectivity index (χ0v) is 9.72. The number of ether oxygens (including phenoxy) is 1. The number of hydrogen-bond donors (Lipinski definition) is 1. The van der Waals surface area contributed by atoms with Crippen LogP contribution >= 0.6 is 27.5 Å². The number of alkyl halides is 1. The van der Waals surface area contributed by atoms with Gasteiger partial charge >= 0.3 is 5.97 Å². The van der Waals surface area contributed by atoms with Crippen LogP contribution in [0.2, 0.25) is 5.02 Å². The Labute approximate surface area is 94.8 Å². The lowest BCUT2D eigenvalue weighted by Crippen LogP contribution is -2.04. The summed E-state index contributed by atoms with van der Waals surface area (Å²) < 4.78 is 4.95. The van der Waals surface area contributed by atoms with Crippen LogP contribution in [0.3, 0.4) is 0 Å². The Kier molecular flexibility index (Phi) is 3.77. The summed E-state index contributed by atoms with van der Waals surface area (Å²) >= 11 is 9.00. The zero-order chi connectivity index (χ0) is 10.7. The monoisotopic (exact) mass is 278 g/mol. The first kappa shape index (κ1) is 11.3. The van der Waals surface area contributed by atoms with Gasteiger partial charge in [-0.1, -0.05) is 33.6 Å². The highest BCUT2D eigenvalue weighted by Gasteiger charge is 2.18. The zero-order valence-electron chi connectivity index (χ0n) is 7.38. The van der Waals surface area contributed by atoms with E-state index in [1.165, 1.54) is 7.11 Å². The molecule has 5 heteroatoms. The summed E-state index contributed by atoms with van der Waals surface area (Å²) in [5, 5.41) is 9.72. The first-order chi connectivity index (χ1) is 6.61. The van der Waals surface area contributed by atoms with Gasteiger partial charge in [0.05, 0.1) is 12.1 Å². The molecule has 0 bridgehead atoms. The van der Waals surface area contributed by atoms with E-state index < -0.39 is 5.97 Å². The number of carboxylic acid groups (broad SMARTS) is 1. The van der Waals surface area contributed by atoms with Crippen LogP contribution in [-0.2, 0) is 5.33 Å². The van der Waals surface area contributed by atoms with E-state index in [2.05, 4.69) is 15.9 Å². The van der Waals surface area contributed by atoms with Crippen molar-refractivity contribution >= 4 is 33.5 Å². The lowest BCUT2D eigenvalue weighted by Gasteiger charge is -2.10. The normalized spacial score (nSPS) is 9.93. The second-order valence-electron chi connectivity index (χ2n) is 2.55. The molecule has 1 rings (SSSR count). The van der Waals surface area contributed by atoms with Crippen LogP contribution in [-0.4, -0.2) is 18.2 Å². The minimum absolute atomic E-state index is 0.108. The molecule has 0 atom stereocenters. The van der Waals surface area contributed by atoms with Crippen LogP contribution in [0, 0.1) is 0 Å². The average Bonchev–Trinajstić information content (AvgIpc) is 2.17. The molecule has 1 aromatic rings. The Morgan fingerprint density at radius 2 is 2.29 bits per heavy atom. The fourth-order valence-electron chi connectivity index (χ4n) is 1.14. The molecule has 0 aliphatic rings. The van der Waals surface area contributed by atoms with Gasteiger partial charge in [-0.15, -0.1) is 0 Å². The van der Waals surface area contributed by atoms with Gasteiger partial charge in [-0.25, -0.2) is 4.79 Å². The van der Waals surface area contributed by atoms with Gasteiger partial charge in [0.2, 0.25) is 0 Å². The van der Waals surface area contributed by atoms with Crippen molar-refractivity contribution in [2.45, 2.75) is 5.33 Å². The lowest BCUT2D eigenvalue weighted by molar-refractivity contribution is 0.0692. The number of halogens is 2. The van der Waals surface area contributed by atoms with Crippen LogP contribution in [0.1, 0.15) is 15.9 Å². The van der Waals surface area contributed by atoms with Crippen molar-refractivity contribution in [3.8, 4) is 5.75 Å². The van der Waals surface area contributed by atoms with Gasteiger partial charge in [-0.3, -0.25) is 0 Å². The summed E-state index contributed by atoms with van der Waals surface area (Å²) in [5.74, 6) is -0.838. The first-order valence-corrected chi connectivity index (χ1v) is 5.26. The third-order valence-corrected chi connectivity index (χ3v) is 2.66. The van der Waals surface area contributed by atoms with E-state index in [9.17, 15) is 4.79 Å². The van der Waals surface area contributed by atoms with Gasteiger partial charge < -0.3 is 9.84 Å². The number of benzene rings is 1. The number of methoxy groups -OCH3 is 1. The molecule has 3 nitrogen and oxygen atoms in total. The average molecular weight is 280 g/mol. The molecule has 0 aliphatic heterocycles. The molecule has 0 fully saturated rings. The predicted molar refractivity (Wildman–Crippen MR) is 57.6 cm³/mol. The maximum atomic E-state index is 11.0. The van der Waals surface area contributed by atoms with E-state index in [4.69, 9.17) is 21.4 Å². The molecule has 1 N–H and O–H groups in total. The summed E-state index contributed by atoms with van der Waals surface area (Å²) in [6, 6.07) is 3.27. The van der Waals surface area contributed by atoms with Crippen molar-refractivity contribution in [1.29, 1.82) is 0 Å². The Hall–Kier alpha value is -0.740. The molecule has 0 spiro atoms. The van der Waals surface area contributed by atoms with Crippen molar-refractivity contribution in [3.05, 3.63) is 28.3 Å². The number of aromatic carboxylic acids is 1. The Balaban J connectivity index is 3.43. The van der Waals surface area contributed by atoms with Crippen molar-refractivity contribution in [3.63, 3.8) is 0 Å². The minimum Gasteiger partial charge on any atom is -0.494 e. The van der Waals surface area contributed by atoms with E-state index in [1.807, 2.05) is 0 Å². The van der Waals surface area contributed by atoms with Crippen molar-refractivity contribution in [2.75, 3.05) is 7.11 Å². The predicted octanol–water partition coefficient (Wildman–Crippen LogP) is 2.94. The maximum Gasteiger partial charge on any atom is 0.339 e. The standard InChI is InChI=1S/C9H8BrClO3/c1-14-8-6(11)3-2-5(4-10)7(8)9(12)13/h2-3H,4H2,1H3,(H,12,13). The third kappa shape index (κ3) is 2.01. The fraction of sp³-hybridized carbons (Fsp3) is 0.222. The SMILES string of the molecule is COc1c(Cl)ccc(CBr)c1C(=O)O. The quantitative estimate of drug-likeness (QED) is 0.865. The maximum absolute atomic E-state index is 11.0. The Morgan fingerprint density at radius 1 is 1.64 bits per heavy atom. The highest BCUT2D eigenvalue weighted by molar-refractivity contribution is 9.08. The van der Waals surface area contributed by atoms with Crippen LogP contribution in [0.15, 0.2) is 12.1 Å². The summed E-state index contributed by atoms with van der Waals surface area (Å²) in [6.07, 6.45) is 0. The molecule has 1 aromatic carbocycles. The molecule has 0 aliphatic carbocycles. The van der Waals surface area contributed by atoms with Crippen molar-refractivity contribution in [1.82, 2.24) is 0 Å². The van der Waals surface area contributed by atoms with Gasteiger partial charge in [0.1, 0.15) is 5.56 Å². The largest absolute Gasteiger partial charge is 0.494 e. The molecule has 0 aromatic heterocycles. The second-order valence-corrected chi connectivity index (χ2v) is 3.52. The highest BCUT2D eigenvalue weighted by Crippen LogP contribution is 2.32. The molecule has 14 heavy (non-hydrogen) atoms. The van der Waals surface area contributed by atoms with Crippen LogP contribution in [0.4, 0.5) is 0 Å². The molecule has 0 heterocycles. The Morgan fingerprint density at radius 3 is 2.71 bits per heavy atom. The van der Waals surface area contributed by atoms with Crippen LogP contribution < -0.4 is 4.74 Å². The van der Waals surface area contributed by atoms with Crippen LogP contribution in [0.5, 0.6) is 5.75 Å². The molecule has 0 radical (unpaired) electrons. The summed E-state index contributed by atoms with van der Waals surface area (Å²) in [7, 11) is 1.39. The molecular formula is C9H8BrClO3. The molecule has 0 unspecified atom stereocenters. The van der Waals surface area contributed by atoms with E-state index in [-0.39, 0.29) is 11.3 Å². The number of rotatable bonds is 3. The molecular weight excluding hydrogens is 271 g/mol. The van der Waals surface area contributed by atoms with Gasteiger partial charge in [0.25, 0.3) is 0 Å². The molecule has 0 saturated heterocycles. The van der Waals surface area contributed by atoms with Crippen molar-refractivity contribution < 1.29 is 14.6 Å². The van der Waals surface area contributed by atoms with E-state index in [1.54, 1.807) is 12.1 Å². The highest BCUT2D eigenvalue weighted by atomic mass is 79.9. The second kappa shape index (κ2) is 4.66. The van der Waals surface area contributed by atoms with Gasteiger partial charge in [0, 0.05) is 5.33 Å². The topological polar surface area (TPSA) is 46.5 Å². The lowest BCUT2D eigenvalue weighted by atomic mass is 10.1. The third-order valence-electron chi connectivity index (χ3n) is 1.76. The summed E-state index contributed by atoms with van der Waals surface area (Å²) in [4.78, 5) is 11.0. The minimum atomic E-state index is -1.04. The van der Waals surface area contributed by atoms with Crippen molar-refractivity contribution in [2.24, 2.45) is 0 Å². The molecule has 0 amide bonds. The van der Waals surface area contributed by atoms with E-state index in [0.717, 1.165) is 0 Å². The van der Waals surface area contributed by atoms with Crippen LogP contribution in [0.25, 0.3) is 0 Å². The van der Waals surface area contributed by atoms with E-state index in [0.29, 0.717) is 15.9 Å².